The van der Waals surface area contributed by atoms with Gasteiger partial charge in [-0.1, -0.05) is 28.1 Å². The Hall–Kier alpha value is -0.0100. The third-order valence-electron chi connectivity index (χ3n) is 2.45. The summed E-state index contributed by atoms with van der Waals surface area (Å²) in [5.41, 5.74) is 1.33. The molecule has 13 heavy (non-hydrogen) atoms. The molecule has 1 aromatic carbocycles. The maximum absolute atomic E-state index is 6.25. The van der Waals surface area contributed by atoms with E-state index in [2.05, 4.69) is 34.1 Å². The molecule has 0 aliphatic heterocycles. The van der Waals surface area contributed by atoms with Gasteiger partial charge in [-0.15, -0.1) is 11.6 Å². The van der Waals surface area contributed by atoms with Gasteiger partial charge in [-0.05, 0) is 42.9 Å². The van der Waals surface area contributed by atoms with E-state index in [0.717, 1.165) is 16.8 Å². The summed E-state index contributed by atoms with van der Waals surface area (Å²) < 4.78 is 1.14. The van der Waals surface area contributed by atoms with Gasteiger partial charge in [-0.2, -0.15) is 0 Å². The molecule has 1 saturated carbocycles. The third-order valence-corrected chi connectivity index (χ3v) is 3.46. The van der Waals surface area contributed by atoms with Crippen molar-refractivity contribution in [3.63, 3.8) is 0 Å². The van der Waals surface area contributed by atoms with Crippen molar-refractivity contribution in [2.45, 2.75) is 24.6 Å². The summed E-state index contributed by atoms with van der Waals surface area (Å²) in [6.07, 6.45) is 3.65. The molecule has 2 heteroatoms. The molecular weight excluding hydrogens is 247 g/mol. The molecule has 0 bridgehead atoms. The fourth-order valence-corrected chi connectivity index (χ4v) is 2.39. The first-order valence-electron chi connectivity index (χ1n) is 4.64. The van der Waals surface area contributed by atoms with Gasteiger partial charge in [-0.3, -0.25) is 0 Å². The van der Waals surface area contributed by atoms with Crippen molar-refractivity contribution in [2.75, 3.05) is 0 Å². The van der Waals surface area contributed by atoms with Crippen LogP contribution in [0.15, 0.2) is 28.7 Å². The van der Waals surface area contributed by atoms with E-state index in [4.69, 9.17) is 11.6 Å². The van der Waals surface area contributed by atoms with Gasteiger partial charge in [-0.25, -0.2) is 0 Å². The van der Waals surface area contributed by atoms with Crippen molar-refractivity contribution in [1.82, 2.24) is 0 Å². The van der Waals surface area contributed by atoms with Gasteiger partial charge >= 0.3 is 0 Å². The molecule has 1 aliphatic carbocycles. The first-order chi connectivity index (χ1) is 6.25. The number of hydrogen-bond acceptors (Lipinski definition) is 0. The minimum Gasteiger partial charge on any atom is -0.122 e. The molecule has 0 amide bonds. The molecule has 0 N–H and O–H groups in total. The minimum atomic E-state index is 0.342. The summed E-state index contributed by atoms with van der Waals surface area (Å²) in [5, 5.41) is 0.342. The number of alkyl halides is 1. The molecule has 2 rings (SSSR count). The fraction of sp³-hybridized carbons (Fsp3) is 0.455. The number of hydrogen-bond donors (Lipinski definition) is 0. The van der Waals surface area contributed by atoms with Crippen LogP contribution in [0.4, 0.5) is 0 Å². The zero-order chi connectivity index (χ0) is 9.26. The van der Waals surface area contributed by atoms with Crippen LogP contribution in [0.25, 0.3) is 0 Å². The van der Waals surface area contributed by atoms with E-state index in [-0.39, 0.29) is 0 Å². The molecule has 1 aromatic rings. The second-order valence-corrected chi connectivity index (χ2v) is 5.16. The molecule has 1 fully saturated rings. The Morgan fingerprint density at radius 2 is 2.23 bits per heavy atom. The van der Waals surface area contributed by atoms with Gasteiger partial charge in [0.2, 0.25) is 0 Å². The molecule has 0 heterocycles. The molecule has 0 radical (unpaired) electrons. The summed E-state index contributed by atoms with van der Waals surface area (Å²) in [7, 11) is 0. The first kappa shape index (κ1) is 9.54. The lowest BCUT2D eigenvalue weighted by atomic mass is 10.1. The molecule has 1 aliphatic rings. The molecule has 1 unspecified atom stereocenters. The fourth-order valence-electron chi connectivity index (χ4n) is 1.51. The average Bonchev–Trinajstić information content (AvgIpc) is 2.85. The summed E-state index contributed by atoms with van der Waals surface area (Å²) in [6.45, 7) is 0. The first-order valence-corrected chi connectivity index (χ1v) is 5.87. The van der Waals surface area contributed by atoms with Gasteiger partial charge in [0.1, 0.15) is 0 Å². The van der Waals surface area contributed by atoms with Crippen molar-refractivity contribution < 1.29 is 0 Å². The van der Waals surface area contributed by atoms with Crippen LogP contribution in [-0.4, -0.2) is 5.38 Å². The van der Waals surface area contributed by atoms with E-state index in [1.807, 2.05) is 6.07 Å². The monoisotopic (exact) mass is 258 g/mol. The zero-order valence-electron chi connectivity index (χ0n) is 7.34. The predicted octanol–water partition coefficient (Wildman–Crippen LogP) is 4.01. The van der Waals surface area contributed by atoms with Crippen LogP contribution in [0.1, 0.15) is 18.4 Å². The topological polar surface area (TPSA) is 0 Å². The lowest BCUT2D eigenvalue weighted by molar-refractivity contribution is 0.737. The van der Waals surface area contributed by atoms with Crippen LogP contribution in [0.5, 0.6) is 0 Å². The number of rotatable bonds is 3. The van der Waals surface area contributed by atoms with Gasteiger partial charge in [0.25, 0.3) is 0 Å². The van der Waals surface area contributed by atoms with E-state index < -0.39 is 0 Å². The van der Waals surface area contributed by atoms with Crippen LogP contribution in [0.2, 0.25) is 0 Å². The standard InChI is InChI=1S/C11H12BrCl/c12-10-3-1-2-8(6-10)7-11(13)9-4-5-9/h1-3,6,9,11H,4-5,7H2. The van der Waals surface area contributed by atoms with E-state index in [1.54, 1.807) is 0 Å². The summed E-state index contributed by atoms with van der Waals surface area (Å²) >= 11 is 9.71. The van der Waals surface area contributed by atoms with Gasteiger partial charge < -0.3 is 0 Å². The van der Waals surface area contributed by atoms with Gasteiger partial charge in [0.05, 0.1) is 0 Å². The predicted molar refractivity (Wildman–Crippen MR) is 60.2 cm³/mol. The Labute approximate surface area is 92.4 Å². The van der Waals surface area contributed by atoms with Crippen LogP contribution < -0.4 is 0 Å². The molecule has 1 atom stereocenters. The minimum absolute atomic E-state index is 0.342. The van der Waals surface area contributed by atoms with Gasteiger partial charge in [0, 0.05) is 9.85 Å². The Kier molecular flexibility index (Phi) is 2.95. The van der Waals surface area contributed by atoms with Crippen molar-refractivity contribution in [3.05, 3.63) is 34.3 Å². The van der Waals surface area contributed by atoms with Crippen molar-refractivity contribution in [1.29, 1.82) is 0 Å². The number of halogens is 2. The Bertz CT molecular complexity index is 294. The molecule has 0 spiro atoms. The highest BCUT2D eigenvalue weighted by atomic mass is 79.9. The van der Waals surface area contributed by atoms with E-state index in [9.17, 15) is 0 Å². The molecule has 70 valence electrons. The third kappa shape index (κ3) is 2.72. The van der Waals surface area contributed by atoms with Gasteiger partial charge in [0.15, 0.2) is 0 Å². The smallest absolute Gasteiger partial charge is 0.0404 e. The maximum atomic E-state index is 6.25. The Morgan fingerprint density at radius 1 is 1.46 bits per heavy atom. The van der Waals surface area contributed by atoms with Crippen molar-refractivity contribution in [2.24, 2.45) is 5.92 Å². The molecule has 0 nitrogen and oxygen atoms in total. The van der Waals surface area contributed by atoms with Crippen LogP contribution in [0, 0.1) is 5.92 Å². The highest BCUT2D eigenvalue weighted by Crippen LogP contribution is 2.37. The maximum Gasteiger partial charge on any atom is 0.0404 e. The number of benzene rings is 1. The summed E-state index contributed by atoms with van der Waals surface area (Å²) in [5.74, 6) is 0.778. The largest absolute Gasteiger partial charge is 0.122 e. The quantitative estimate of drug-likeness (QED) is 0.720. The average molecular weight is 260 g/mol. The lowest BCUT2D eigenvalue weighted by Crippen LogP contribution is -2.05. The van der Waals surface area contributed by atoms with Crippen LogP contribution >= 0.6 is 27.5 Å². The normalized spacial score (nSPS) is 18.6. The highest BCUT2D eigenvalue weighted by molar-refractivity contribution is 9.10. The lowest BCUT2D eigenvalue weighted by Gasteiger charge is -2.07. The molecular formula is C11H12BrCl. The highest BCUT2D eigenvalue weighted by Gasteiger charge is 2.29. The van der Waals surface area contributed by atoms with E-state index in [1.165, 1.54) is 18.4 Å². The second-order valence-electron chi connectivity index (χ2n) is 3.69. The van der Waals surface area contributed by atoms with E-state index >= 15 is 0 Å². The SMILES string of the molecule is ClC(Cc1cccc(Br)c1)C1CC1. The van der Waals surface area contributed by atoms with Crippen LogP contribution in [0.3, 0.4) is 0 Å². The second kappa shape index (κ2) is 4.02. The van der Waals surface area contributed by atoms with Crippen molar-refractivity contribution >= 4 is 27.5 Å². The van der Waals surface area contributed by atoms with Crippen LogP contribution in [-0.2, 0) is 6.42 Å². The molecule has 0 aromatic heterocycles. The zero-order valence-corrected chi connectivity index (χ0v) is 9.68. The Balaban J connectivity index is 2.00. The van der Waals surface area contributed by atoms with E-state index in [0.29, 0.717) is 5.38 Å². The Morgan fingerprint density at radius 3 is 2.85 bits per heavy atom. The van der Waals surface area contributed by atoms with Crippen molar-refractivity contribution in [3.8, 4) is 0 Å². The summed E-state index contributed by atoms with van der Waals surface area (Å²) in [6, 6.07) is 8.40. The molecule has 0 saturated heterocycles. The summed E-state index contributed by atoms with van der Waals surface area (Å²) in [4.78, 5) is 0.